The summed E-state index contributed by atoms with van der Waals surface area (Å²) in [5.74, 6) is 1.59. The van der Waals surface area contributed by atoms with Gasteiger partial charge in [-0.1, -0.05) is 213 Å². The van der Waals surface area contributed by atoms with Crippen molar-refractivity contribution in [3.8, 4) is 11.1 Å². The van der Waals surface area contributed by atoms with Crippen LogP contribution >= 0.6 is 22.6 Å². The van der Waals surface area contributed by atoms with Gasteiger partial charge in [0.05, 0.1) is 16.8 Å². The van der Waals surface area contributed by atoms with Crippen molar-refractivity contribution < 1.29 is 9.84 Å². The molecule has 3 aliphatic carbocycles. The number of aliphatic hydroxyl groups excluding tert-OH is 1. The number of allylic oxidation sites excluding steroid dienone is 4. The number of anilines is 5. The number of aliphatic hydroxyl groups is 1. The van der Waals surface area contributed by atoms with Gasteiger partial charge in [0.1, 0.15) is 0 Å². The van der Waals surface area contributed by atoms with E-state index < -0.39 is 0 Å². The average molecular weight is 1140 g/mol. The number of fused-ring (bicyclic) bond motifs is 2. The Morgan fingerprint density at radius 2 is 1.20 bits per heavy atom. The van der Waals surface area contributed by atoms with E-state index in [1.54, 1.807) is 5.57 Å². The quantitative estimate of drug-likeness (QED) is 0.0193. The molecule has 8 rings (SSSR count). The van der Waals surface area contributed by atoms with E-state index in [0.29, 0.717) is 24.4 Å². The summed E-state index contributed by atoms with van der Waals surface area (Å²) in [6, 6.07) is 51.2. The number of hydrogen-bond acceptors (Lipinski definition) is 5. The summed E-state index contributed by atoms with van der Waals surface area (Å²) in [7, 11) is 0. The van der Waals surface area contributed by atoms with Crippen LogP contribution in [0.25, 0.3) is 11.1 Å². The molecule has 3 aliphatic rings. The number of unbranched alkanes of at least 4 members (excludes halogenated alkanes) is 6. The Morgan fingerprint density at radius 3 is 1.79 bits per heavy atom. The molecular weight excluding hydrogens is 1040 g/mol. The molecule has 6 heteroatoms. The first-order chi connectivity index (χ1) is 36.9. The van der Waals surface area contributed by atoms with Crippen molar-refractivity contribution in [2.45, 2.75) is 173 Å². The zero-order valence-corrected chi connectivity index (χ0v) is 49.9. The molecule has 0 heterocycles. The molecule has 5 aromatic carbocycles. The molecule has 0 saturated heterocycles. The molecule has 5 aromatic rings. The molecule has 408 valence electrons. The molecule has 1 saturated carbocycles. The van der Waals surface area contributed by atoms with Crippen LogP contribution < -0.4 is 15.5 Å². The van der Waals surface area contributed by atoms with Crippen LogP contribution in [0.15, 0.2) is 163 Å². The summed E-state index contributed by atoms with van der Waals surface area (Å²) in [4.78, 5) is 2.75. The van der Waals surface area contributed by atoms with Gasteiger partial charge in [-0.15, -0.1) is 0 Å². The summed E-state index contributed by atoms with van der Waals surface area (Å²) in [5.41, 5.74) is 12.0. The van der Waals surface area contributed by atoms with Crippen molar-refractivity contribution >= 4 is 51.0 Å². The number of alkyl halides is 1. The maximum atomic E-state index is 9.84. The van der Waals surface area contributed by atoms with E-state index in [2.05, 4.69) is 238 Å². The maximum Gasteiger partial charge on any atom is 0.0969 e. The van der Waals surface area contributed by atoms with Gasteiger partial charge in [0, 0.05) is 46.0 Å². The van der Waals surface area contributed by atoms with Gasteiger partial charge in [0.2, 0.25) is 0 Å². The van der Waals surface area contributed by atoms with Crippen LogP contribution in [-0.4, -0.2) is 34.0 Å². The maximum absolute atomic E-state index is 9.84. The highest BCUT2D eigenvalue weighted by atomic mass is 127. The fourth-order valence-electron chi connectivity index (χ4n) is 14.8. The number of rotatable bonds is 29. The summed E-state index contributed by atoms with van der Waals surface area (Å²) in [6.07, 6.45) is 27.1. The van der Waals surface area contributed by atoms with E-state index in [4.69, 9.17) is 4.74 Å². The molecule has 0 aromatic heterocycles. The SMILES string of the molecule is CCCCCCC1(CCCCCCOCC(C)(C)CO)C2=C(C=CC(C(CC)(CC)C(CC)(CC)Nc3ccccc3)C2)C2CCC(I)(N(c3ccccc3)c3ccc(-c4ccc(Nc5ccccc5)cc4)cc3)CC21. The first kappa shape index (κ1) is 57.8. The normalized spacial score (nSPS) is 21.6. The number of ether oxygens (including phenoxy) is 1. The second kappa shape index (κ2) is 26.5. The van der Waals surface area contributed by atoms with Crippen LogP contribution in [0.3, 0.4) is 0 Å². The van der Waals surface area contributed by atoms with Gasteiger partial charge in [0.25, 0.3) is 0 Å². The van der Waals surface area contributed by atoms with Gasteiger partial charge >= 0.3 is 0 Å². The van der Waals surface area contributed by atoms with E-state index in [1.165, 1.54) is 98.8 Å². The summed E-state index contributed by atoms with van der Waals surface area (Å²) in [6.45, 7) is 18.0. The van der Waals surface area contributed by atoms with Crippen LogP contribution in [0.1, 0.15) is 164 Å². The van der Waals surface area contributed by atoms with Gasteiger partial charge in [-0.2, -0.15) is 0 Å². The molecule has 5 unspecified atom stereocenters. The highest BCUT2D eigenvalue weighted by Crippen LogP contribution is 2.68. The molecule has 0 spiro atoms. The number of nitrogens with one attached hydrogen (secondary N) is 2. The molecule has 1 fully saturated rings. The summed E-state index contributed by atoms with van der Waals surface area (Å²) < 4.78 is 6.02. The second-order valence-electron chi connectivity index (χ2n) is 23.9. The van der Waals surface area contributed by atoms with Crippen molar-refractivity contribution in [3.63, 3.8) is 0 Å². The van der Waals surface area contributed by atoms with Crippen molar-refractivity contribution in [3.05, 3.63) is 163 Å². The third-order valence-electron chi connectivity index (χ3n) is 19.0. The minimum atomic E-state index is -0.193. The van der Waals surface area contributed by atoms with Gasteiger partial charge in [0.15, 0.2) is 0 Å². The standard InChI is InChI=1S/C70H94IN3O2/c1-8-13-14-26-46-67(47-27-15-16-28-49-76-53-66(6,7)52-75)64-50-56(68(9-2,10-3)69(11-4,12-5)73-59-31-22-18-23-32-59)39-44-62(64)63-45-48-70(71,51-65(63)67)74(60-33-24-19-25-34-60)61-42-37-55(38-43-61)54-35-40-58(41-36-54)72-57-29-20-17-21-30-57/h17-25,29-44,56,63,65,72-73,75H,8-16,26-28,45-53H2,1-7H3. The topological polar surface area (TPSA) is 56.8 Å². The first-order valence-electron chi connectivity index (χ1n) is 29.9. The Bertz CT molecular complexity index is 2590. The Labute approximate surface area is 474 Å². The fraction of sp³-hybridized carbons (Fsp3) is 0.514. The van der Waals surface area contributed by atoms with Gasteiger partial charge in [-0.3, -0.25) is 0 Å². The zero-order valence-electron chi connectivity index (χ0n) is 47.7. The molecular formula is C70H94IN3O2. The minimum absolute atomic E-state index is 0.0410. The van der Waals surface area contributed by atoms with Crippen LogP contribution in [0.5, 0.6) is 0 Å². The van der Waals surface area contributed by atoms with Crippen molar-refractivity contribution in [1.29, 1.82) is 0 Å². The lowest BCUT2D eigenvalue weighted by Crippen LogP contribution is -2.56. The van der Waals surface area contributed by atoms with Crippen molar-refractivity contribution in [2.75, 3.05) is 35.4 Å². The Morgan fingerprint density at radius 1 is 0.645 bits per heavy atom. The second-order valence-corrected chi connectivity index (χ2v) is 25.9. The molecule has 5 nitrogen and oxygen atoms in total. The monoisotopic (exact) mass is 1140 g/mol. The largest absolute Gasteiger partial charge is 0.396 e. The van der Waals surface area contributed by atoms with Gasteiger partial charge < -0.3 is 25.4 Å². The zero-order chi connectivity index (χ0) is 53.7. The minimum Gasteiger partial charge on any atom is -0.396 e. The lowest BCUT2D eigenvalue weighted by atomic mass is 9.53. The Kier molecular flexibility index (Phi) is 20.2. The Balaban J connectivity index is 1.14. The summed E-state index contributed by atoms with van der Waals surface area (Å²) in [5, 5.41) is 17.7. The predicted octanol–water partition coefficient (Wildman–Crippen LogP) is 20.1. The summed E-state index contributed by atoms with van der Waals surface area (Å²) >= 11 is 2.97. The fourth-order valence-corrected chi connectivity index (χ4v) is 16.2. The van der Waals surface area contributed by atoms with E-state index in [-0.39, 0.29) is 31.9 Å². The van der Waals surface area contributed by atoms with Gasteiger partial charge in [-0.25, -0.2) is 0 Å². The van der Waals surface area contributed by atoms with E-state index >= 15 is 0 Å². The van der Waals surface area contributed by atoms with Crippen LogP contribution in [0.2, 0.25) is 0 Å². The lowest BCUT2D eigenvalue weighted by Gasteiger charge is -2.56. The molecule has 3 N–H and O–H groups in total. The first-order valence-corrected chi connectivity index (χ1v) is 31.0. The van der Waals surface area contributed by atoms with Crippen molar-refractivity contribution in [2.24, 2.45) is 34.0 Å². The van der Waals surface area contributed by atoms with Crippen LogP contribution in [0.4, 0.5) is 28.4 Å². The number of halogens is 1. The van der Waals surface area contributed by atoms with E-state index in [1.807, 2.05) is 5.57 Å². The van der Waals surface area contributed by atoms with Gasteiger partial charge in [-0.05, 0) is 177 Å². The van der Waals surface area contributed by atoms with Crippen molar-refractivity contribution in [1.82, 2.24) is 0 Å². The number of benzene rings is 5. The number of hydrogen-bond donors (Lipinski definition) is 3. The molecule has 0 aliphatic heterocycles. The number of nitrogens with zero attached hydrogens (tertiary/aromatic N) is 1. The molecule has 0 amide bonds. The molecule has 76 heavy (non-hydrogen) atoms. The lowest BCUT2D eigenvalue weighted by molar-refractivity contribution is 0.0263. The van der Waals surface area contributed by atoms with E-state index in [9.17, 15) is 5.11 Å². The molecule has 0 radical (unpaired) electrons. The highest BCUT2D eigenvalue weighted by molar-refractivity contribution is 14.1. The highest BCUT2D eigenvalue weighted by Gasteiger charge is 2.60. The third kappa shape index (κ3) is 12.7. The third-order valence-corrected chi connectivity index (χ3v) is 20.5. The Hall–Kier alpha value is -4.37. The molecule has 5 atom stereocenters. The smallest absolute Gasteiger partial charge is 0.0969 e. The van der Waals surface area contributed by atoms with E-state index in [0.717, 1.165) is 62.9 Å². The number of para-hydroxylation sites is 3. The van der Waals surface area contributed by atoms with Crippen LogP contribution in [0, 0.1) is 34.0 Å². The predicted molar refractivity (Wildman–Crippen MR) is 334 cm³/mol. The average Bonchev–Trinajstić information content (AvgIpc) is 3.89. The molecule has 0 bridgehead atoms. The van der Waals surface area contributed by atoms with Crippen LogP contribution in [-0.2, 0) is 4.74 Å².